The van der Waals surface area contributed by atoms with Crippen LogP contribution in [0.2, 0.25) is 0 Å². The molecule has 1 N–H and O–H groups in total. The summed E-state index contributed by atoms with van der Waals surface area (Å²) in [6.07, 6.45) is 2.93. The maximum atomic E-state index is 4.02. The van der Waals surface area contributed by atoms with Gasteiger partial charge in [-0.2, -0.15) is 5.10 Å². The van der Waals surface area contributed by atoms with E-state index >= 15 is 0 Å². The number of aromatic nitrogens is 2. The molecule has 0 fully saturated rings. The van der Waals surface area contributed by atoms with E-state index in [4.69, 9.17) is 0 Å². The Morgan fingerprint density at radius 2 is 2.50 bits per heavy atom. The molecule has 1 aromatic heterocycles. The van der Waals surface area contributed by atoms with Gasteiger partial charge in [0.2, 0.25) is 0 Å². The smallest absolute Gasteiger partial charge is 0.123 e. The Morgan fingerprint density at radius 3 is 3.00 bits per heavy atom. The second kappa shape index (κ2) is 3.25. The number of rotatable bonds is 3. The monoisotopic (exact) mass is 139 g/mol. The van der Waals surface area contributed by atoms with Crippen molar-refractivity contribution in [2.24, 2.45) is 7.05 Å². The van der Waals surface area contributed by atoms with Crippen LogP contribution in [-0.4, -0.2) is 16.3 Å². The van der Waals surface area contributed by atoms with Crippen molar-refractivity contribution in [2.45, 2.75) is 13.3 Å². The third-order valence-corrected chi connectivity index (χ3v) is 1.38. The SMILES string of the molecule is CCCNc1ccnn1C. The van der Waals surface area contributed by atoms with Crippen LogP contribution in [0.3, 0.4) is 0 Å². The Balaban J connectivity index is 2.49. The molecule has 0 aliphatic rings. The van der Waals surface area contributed by atoms with Crippen molar-refractivity contribution in [1.29, 1.82) is 0 Å². The summed E-state index contributed by atoms with van der Waals surface area (Å²) >= 11 is 0. The van der Waals surface area contributed by atoms with Crippen molar-refractivity contribution >= 4 is 5.82 Å². The Hall–Kier alpha value is -0.990. The highest BCUT2D eigenvalue weighted by Crippen LogP contribution is 2.01. The van der Waals surface area contributed by atoms with Gasteiger partial charge in [0.25, 0.3) is 0 Å². The van der Waals surface area contributed by atoms with E-state index in [1.807, 2.05) is 17.8 Å². The standard InChI is InChI=1S/C7H13N3/c1-3-5-8-7-4-6-9-10(7)2/h4,6,8H,3,5H2,1-2H3. The third-order valence-electron chi connectivity index (χ3n) is 1.38. The van der Waals surface area contributed by atoms with Gasteiger partial charge in [0.15, 0.2) is 0 Å². The van der Waals surface area contributed by atoms with Crippen molar-refractivity contribution in [3.05, 3.63) is 12.3 Å². The second-order valence-corrected chi connectivity index (χ2v) is 2.27. The van der Waals surface area contributed by atoms with Crippen LogP contribution in [0, 0.1) is 0 Å². The van der Waals surface area contributed by atoms with Crippen LogP contribution in [-0.2, 0) is 7.05 Å². The first kappa shape index (κ1) is 7.12. The molecule has 0 saturated heterocycles. The minimum atomic E-state index is 1.01. The molecule has 0 unspecified atom stereocenters. The molecule has 0 bridgehead atoms. The topological polar surface area (TPSA) is 29.9 Å². The van der Waals surface area contributed by atoms with Gasteiger partial charge in [-0.3, -0.25) is 4.68 Å². The average molecular weight is 139 g/mol. The molecule has 10 heavy (non-hydrogen) atoms. The molecule has 0 radical (unpaired) electrons. The van der Waals surface area contributed by atoms with Gasteiger partial charge < -0.3 is 5.32 Å². The second-order valence-electron chi connectivity index (χ2n) is 2.27. The van der Waals surface area contributed by atoms with Gasteiger partial charge in [0.1, 0.15) is 5.82 Å². The number of nitrogens with zero attached hydrogens (tertiary/aromatic N) is 2. The molecule has 56 valence electrons. The van der Waals surface area contributed by atoms with Gasteiger partial charge in [-0.25, -0.2) is 0 Å². The first-order chi connectivity index (χ1) is 4.84. The minimum absolute atomic E-state index is 1.01. The molecule has 3 nitrogen and oxygen atoms in total. The van der Waals surface area contributed by atoms with Crippen molar-refractivity contribution in [3.8, 4) is 0 Å². The van der Waals surface area contributed by atoms with Gasteiger partial charge in [0.05, 0.1) is 6.20 Å². The minimum Gasteiger partial charge on any atom is -0.370 e. The molecule has 0 amide bonds. The van der Waals surface area contributed by atoms with Crippen LogP contribution >= 0.6 is 0 Å². The summed E-state index contributed by atoms with van der Waals surface area (Å²) in [6, 6.07) is 1.97. The predicted octanol–water partition coefficient (Wildman–Crippen LogP) is 1.24. The Kier molecular flexibility index (Phi) is 2.31. The van der Waals surface area contributed by atoms with Crippen molar-refractivity contribution < 1.29 is 0 Å². The van der Waals surface area contributed by atoms with Crippen LogP contribution in [0.1, 0.15) is 13.3 Å². The van der Waals surface area contributed by atoms with E-state index in [1.54, 1.807) is 6.20 Å². The van der Waals surface area contributed by atoms with Gasteiger partial charge >= 0.3 is 0 Å². The zero-order chi connectivity index (χ0) is 7.40. The maximum Gasteiger partial charge on any atom is 0.123 e. The van der Waals surface area contributed by atoms with E-state index < -0.39 is 0 Å². The normalized spacial score (nSPS) is 9.80. The quantitative estimate of drug-likeness (QED) is 0.682. The Bertz CT molecular complexity index is 192. The predicted molar refractivity (Wildman–Crippen MR) is 42.0 cm³/mol. The van der Waals surface area contributed by atoms with Crippen LogP contribution in [0.4, 0.5) is 5.82 Å². The molecule has 1 aromatic rings. The summed E-state index contributed by atoms with van der Waals surface area (Å²) in [5, 5.41) is 7.27. The zero-order valence-electron chi connectivity index (χ0n) is 6.46. The summed E-state index contributed by atoms with van der Waals surface area (Å²) in [5.41, 5.74) is 0. The van der Waals surface area contributed by atoms with E-state index in [1.165, 1.54) is 0 Å². The number of hydrogen-bond acceptors (Lipinski definition) is 2. The summed E-state index contributed by atoms with van der Waals surface area (Å²) in [7, 11) is 1.93. The van der Waals surface area contributed by atoms with Crippen molar-refractivity contribution in [2.75, 3.05) is 11.9 Å². The van der Waals surface area contributed by atoms with Crippen LogP contribution < -0.4 is 5.32 Å². The maximum absolute atomic E-state index is 4.02. The molecule has 0 atom stereocenters. The van der Waals surface area contributed by atoms with Gasteiger partial charge in [-0.05, 0) is 6.42 Å². The van der Waals surface area contributed by atoms with Crippen LogP contribution in [0.25, 0.3) is 0 Å². The molecule has 0 spiro atoms. The van der Waals surface area contributed by atoms with E-state index in [2.05, 4.69) is 17.3 Å². The third kappa shape index (κ3) is 1.50. The number of aryl methyl sites for hydroxylation is 1. The summed E-state index contributed by atoms with van der Waals surface area (Å²) in [6.45, 7) is 3.16. The summed E-state index contributed by atoms with van der Waals surface area (Å²) < 4.78 is 1.83. The molecule has 0 aromatic carbocycles. The number of hydrogen-bond donors (Lipinski definition) is 1. The van der Waals surface area contributed by atoms with E-state index in [0.717, 1.165) is 18.8 Å². The molecule has 0 aliphatic carbocycles. The van der Waals surface area contributed by atoms with Crippen molar-refractivity contribution in [1.82, 2.24) is 9.78 Å². The first-order valence-corrected chi connectivity index (χ1v) is 3.56. The summed E-state index contributed by atoms with van der Waals surface area (Å²) in [4.78, 5) is 0. The molecule has 1 heterocycles. The zero-order valence-corrected chi connectivity index (χ0v) is 6.46. The molecule has 0 aliphatic heterocycles. The van der Waals surface area contributed by atoms with Crippen LogP contribution in [0.15, 0.2) is 12.3 Å². The lowest BCUT2D eigenvalue weighted by Crippen LogP contribution is -2.04. The van der Waals surface area contributed by atoms with Gasteiger partial charge in [-0.1, -0.05) is 6.92 Å². The largest absolute Gasteiger partial charge is 0.370 e. The highest BCUT2D eigenvalue weighted by atomic mass is 15.3. The van der Waals surface area contributed by atoms with Gasteiger partial charge in [-0.15, -0.1) is 0 Å². The van der Waals surface area contributed by atoms with E-state index in [0.29, 0.717) is 0 Å². The molecular formula is C7H13N3. The average Bonchev–Trinajstić information content (AvgIpc) is 2.31. The fourth-order valence-corrected chi connectivity index (χ4v) is 0.800. The Morgan fingerprint density at radius 1 is 1.70 bits per heavy atom. The van der Waals surface area contributed by atoms with Crippen molar-refractivity contribution in [3.63, 3.8) is 0 Å². The molecule has 0 saturated carbocycles. The fourth-order valence-electron chi connectivity index (χ4n) is 0.800. The molecule has 1 rings (SSSR count). The first-order valence-electron chi connectivity index (χ1n) is 3.56. The van der Waals surface area contributed by atoms with E-state index in [-0.39, 0.29) is 0 Å². The lowest BCUT2D eigenvalue weighted by atomic mass is 10.5. The number of nitrogens with one attached hydrogen (secondary N) is 1. The Labute approximate surface area is 61.0 Å². The fraction of sp³-hybridized carbons (Fsp3) is 0.571. The lowest BCUT2D eigenvalue weighted by Gasteiger charge is -2.02. The lowest BCUT2D eigenvalue weighted by molar-refractivity contribution is 0.766. The molecular weight excluding hydrogens is 126 g/mol. The van der Waals surface area contributed by atoms with E-state index in [9.17, 15) is 0 Å². The number of anilines is 1. The highest BCUT2D eigenvalue weighted by molar-refractivity contribution is 5.32. The highest BCUT2D eigenvalue weighted by Gasteiger charge is 1.92. The molecule has 3 heteroatoms. The van der Waals surface area contributed by atoms with Gasteiger partial charge in [0, 0.05) is 19.7 Å². The summed E-state index contributed by atoms with van der Waals surface area (Å²) in [5.74, 6) is 1.09. The van der Waals surface area contributed by atoms with Crippen LogP contribution in [0.5, 0.6) is 0 Å².